The van der Waals surface area contributed by atoms with E-state index in [1.165, 1.54) is 23.9 Å². The molecular formula is C13H14NO. The Labute approximate surface area is 89.3 Å². The van der Waals surface area contributed by atoms with Gasteiger partial charge in [-0.2, -0.15) is 0 Å². The van der Waals surface area contributed by atoms with Crippen LogP contribution in [-0.2, 0) is 0 Å². The van der Waals surface area contributed by atoms with Crippen LogP contribution in [0.3, 0.4) is 0 Å². The lowest BCUT2D eigenvalue weighted by molar-refractivity contribution is 0.344. The molecule has 1 fully saturated rings. The quantitative estimate of drug-likeness (QED) is 0.808. The third-order valence-electron chi connectivity index (χ3n) is 2.89. The fourth-order valence-corrected chi connectivity index (χ4v) is 1.98. The van der Waals surface area contributed by atoms with E-state index in [1.807, 2.05) is 19.1 Å². The first-order valence-corrected chi connectivity index (χ1v) is 5.54. The second kappa shape index (κ2) is 3.30. The van der Waals surface area contributed by atoms with Gasteiger partial charge in [0.15, 0.2) is 0 Å². The minimum atomic E-state index is 0.705. The van der Waals surface area contributed by atoms with Crippen LogP contribution in [0.25, 0.3) is 10.9 Å². The van der Waals surface area contributed by atoms with E-state index in [9.17, 15) is 0 Å². The Morgan fingerprint density at radius 3 is 3.07 bits per heavy atom. The van der Waals surface area contributed by atoms with Crippen molar-refractivity contribution in [1.82, 2.24) is 4.98 Å². The molecule has 3 rings (SSSR count). The monoisotopic (exact) mass is 200 g/mol. The van der Waals surface area contributed by atoms with Gasteiger partial charge in [-0.25, -0.2) is 0 Å². The van der Waals surface area contributed by atoms with E-state index in [2.05, 4.69) is 17.1 Å². The Hall–Kier alpha value is -1.44. The van der Waals surface area contributed by atoms with Crippen molar-refractivity contribution < 1.29 is 4.74 Å². The van der Waals surface area contributed by atoms with Gasteiger partial charge in [-0.05, 0) is 49.9 Å². The molecule has 1 radical (unpaired) electrons. The Morgan fingerprint density at radius 1 is 1.47 bits per heavy atom. The Kier molecular flexibility index (Phi) is 1.94. The fourth-order valence-electron chi connectivity index (χ4n) is 1.98. The zero-order valence-corrected chi connectivity index (χ0v) is 8.84. The summed E-state index contributed by atoms with van der Waals surface area (Å²) < 4.78 is 5.58. The van der Waals surface area contributed by atoms with E-state index in [-0.39, 0.29) is 0 Å². The van der Waals surface area contributed by atoms with Gasteiger partial charge in [0.05, 0.1) is 6.61 Å². The van der Waals surface area contributed by atoms with Crippen LogP contribution in [0.1, 0.15) is 31.4 Å². The molecule has 1 aromatic heterocycles. The molecule has 1 aliphatic rings. The van der Waals surface area contributed by atoms with Gasteiger partial charge in [0.25, 0.3) is 0 Å². The van der Waals surface area contributed by atoms with Gasteiger partial charge < -0.3 is 9.72 Å². The molecule has 1 aliphatic carbocycles. The van der Waals surface area contributed by atoms with Gasteiger partial charge in [0.2, 0.25) is 0 Å². The number of rotatable bonds is 3. The highest BCUT2D eigenvalue weighted by molar-refractivity contribution is 5.86. The summed E-state index contributed by atoms with van der Waals surface area (Å²) in [5, 5.41) is 1.19. The molecule has 15 heavy (non-hydrogen) atoms. The standard InChI is InChI=1S/C13H14NO/c1-2-15-13-5-3-4-11-10(13)8-12(14-11)9-6-7-9/h4-5,8-9,14H,2,6-7H2,1H3. The van der Waals surface area contributed by atoms with E-state index in [1.54, 1.807) is 0 Å². The van der Waals surface area contributed by atoms with Gasteiger partial charge in [0, 0.05) is 16.6 Å². The lowest BCUT2D eigenvalue weighted by atomic mass is 10.2. The molecule has 0 atom stereocenters. The molecule has 1 heterocycles. The number of H-pyrrole nitrogens is 1. The van der Waals surface area contributed by atoms with Crippen LogP contribution in [0.15, 0.2) is 18.2 Å². The molecule has 1 aromatic carbocycles. The van der Waals surface area contributed by atoms with Crippen molar-refractivity contribution in [3.05, 3.63) is 30.0 Å². The van der Waals surface area contributed by atoms with E-state index < -0.39 is 0 Å². The zero-order chi connectivity index (χ0) is 10.3. The highest BCUT2D eigenvalue weighted by Crippen LogP contribution is 2.41. The van der Waals surface area contributed by atoms with Crippen molar-refractivity contribution in [3.63, 3.8) is 0 Å². The predicted molar refractivity (Wildman–Crippen MR) is 60.3 cm³/mol. The van der Waals surface area contributed by atoms with Crippen molar-refractivity contribution in [2.45, 2.75) is 25.7 Å². The summed E-state index contributed by atoms with van der Waals surface area (Å²) in [4.78, 5) is 3.45. The maximum atomic E-state index is 5.58. The first-order chi connectivity index (χ1) is 7.38. The average Bonchev–Trinajstić information content (AvgIpc) is 2.99. The highest BCUT2D eigenvalue weighted by atomic mass is 16.5. The molecule has 2 aromatic rings. The summed E-state index contributed by atoms with van der Waals surface area (Å²) in [6.07, 6.45) is 2.64. The third kappa shape index (κ3) is 1.50. The number of hydrogen-bond donors (Lipinski definition) is 1. The zero-order valence-electron chi connectivity index (χ0n) is 8.84. The number of aromatic amines is 1. The predicted octanol–water partition coefficient (Wildman–Crippen LogP) is 3.24. The number of benzene rings is 1. The van der Waals surface area contributed by atoms with Gasteiger partial charge >= 0.3 is 0 Å². The number of fused-ring (bicyclic) bond motifs is 1. The Balaban J connectivity index is 2.11. The van der Waals surface area contributed by atoms with Crippen molar-refractivity contribution >= 4 is 10.9 Å². The van der Waals surface area contributed by atoms with E-state index >= 15 is 0 Å². The van der Waals surface area contributed by atoms with E-state index in [4.69, 9.17) is 4.74 Å². The summed E-state index contributed by atoms with van der Waals surface area (Å²) in [5.74, 6) is 1.70. The summed E-state index contributed by atoms with van der Waals surface area (Å²) in [5.41, 5.74) is 2.49. The normalized spacial score (nSPS) is 15.8. The first-order valence-electron chi connectivity index (χ1n) is 5.54. The number of aromatic nitrogens is 1. The summed E-state index contributed by atoms with van der Waals surface area (Å²) in [6.45, 7) is 2.71. The van der Waals surface area contributed by atoms with E-state index in [0.29, 0.717) is 6.61 Å². The van der Waals surface area contributed by atoms with Crippen LogP contribution >= 0.6 is 0 Å². The molecule has 77 valence electrons. The summed E-state index contributed by atoms with van der Waals surface area (Å²) >= 11 is 0. The number of hydrogen-bond acceptors (Lipinski definition) is 1. The van der Waals surface area contributed by atoms with Crippen molar-refractivity contribution in [1.29, 1.82) is 0 Å². The molecule has 2 heteroatoms. The smallest absolute Gasteiger partial charge is 0.129 e. The van der Waals surface area contributed by atoms with Gasteiger partial charge in [-0.3, -0.25) is 0 Å². The molecule has 0 amide bonds. The first kappa shape index (κ1) is 8.84. The number of nitrogens with one attached hydrogen (secondary N) is 1. The van der Waals surface area contributed by atoms with Crippen LogP contribution in [-0.4, -0.2) is 11.6 Å². The minimum absolute atomic E-state index is 0.705. The Bertz CT molecular complexity index is 482. The van der Waals surface area contributed by atoms with Crippen molar-refractivity contribution in [2.75, 3.05) is 6.61 Å². The molecule has 0 spiro atoms. The van der Waals surface area contributed by atoms with Crippen LogP contribution in [0.4, 0.5) is 0 Å². The van der Waals surface area contributed by atoms with Crippen LogP contribution < -0.4 is 4.74 Å². The second-order valence-corrected chi connectivity index (χ2v) is 4.08. The Morgan fingerprint density at radius 2 is 2.33 bits per heavy atom. The van der Waals surface area contributed by atoms with Crippen molar-refractivity contribution in [2.24, 2.45) is 0 Å². The van der Waals surface area contributed by atoms with Crippen LogP contribution in [0.2, 0.25) is 0 Å². The highest BCUT2D eigenvalue weighted by Gasteiger charge is 2.25. The minimum Gasteiger partial charge on any atom is -0.493 e. The summed E-state index contributed by atoms with van der Waals surface area (Å²) in [7, 11) is 0. The third-order valence-corrected chi connectivity index (χ3v) is 2.89. The molecule has 0 bridgehead atoms. The van der Waals surface area contributed by atoms with Gasteiger partial charge in [-0.15, -0.1) is 0 Å². The maximum Gasteiger partial charge on any atom is 0.129 e. The van der Waals surface area contributed by atoms with Crippen LogP contribution in [0.5, 0.6) is 5.75 Å². The molecule has 0 aliphatic heterocycles. The fraction of sp³-hybridized carbons (Fsp3) is 0.385. The largest absolute Gasteiger partial charge is 0.493 e. The van der Waals surface area contributed by atoms with E-state index in [0.717, 1.165) is 17.2 Å². The molecule has 2 nitrogen and oxygen atoms in total. The molecular weight excluding hydrogens is 186 g/mol. The van der Waals surface area contributed by atoms with Crippen LogP contribution in [0, 0.1) is 6.07 Å². The second-order valence-electron chi connectivity index (χ2n) is 4.08. The lowest BCUT2D eigenvalue weighted by Crippen LogP contribution is -1.90. The topological polar surface area (TPSA) is 25.0 Å². The molecule has 1 N–H and O–H groups in total. The average molecular weight is 200 g/mol. The number of ether oxygens (including phenoxy) is 1. The molecule has 0 unspecified atom stereocenters. The molecule has 0 saturated heterocycles. The van der Waals surface area contributed by atoms with Gasteiger partial charge in [0.1, 0.15) is 5.75 Å². The SMILES string of the molecule is CCOc1c[c]cc2[nH]c(C3CC3)cc12. The molecule has 1 saturated carbocycles. The van der Waals surface area contributed by atoms with Crippen molar-refractivity contribution in [3.8, 4) is 5.75 Å². The lowest BCUT2D eigenvalue weighted by Gasteiger charge is -2.02. The maximum absolute atomic E-state index is 5.58. The summed E-state index contributed by atoms with van der Waals surface area (Å²) in [6, 6.07) is 9.24. The van der Waals surface area contributed by atoms with Gasteiger partial charge in [-0.1, -0.05) is 0 Å².